The van der Waals surface area contributed by atoms with Gasteiger partial charge in [0.15, 0.2) is 0 Å². The van der Waals surface area contributed by atoms with Crippen LogP contribution in [-0.4, -0.2) is 66.7 Å². The van der Waals surface area contributed by atoms with E-state index in [1.165, 1.54) is 25.1 Å². The summed E-state index contributed by atoms with van der Waals surface area (Å²) in [6.07, 6.45) is 3.86. The largest absolute Gasteiger partial charge is 0.378 e. The molecule has 1 N–H and O–H groups in total. The van der Waals surface area contributed by atoms with Gasteiger partial charge in [0.25, 0.3) is 5.91 Å². The minimum atomic E-state index is -0.426. The first-order valence-electron chi connectivity index (χ1n) is 12.2. The lowest BCUT2D eigenvalue weighted by atomic mass is 10.0. The number of hydrogen-bond acceptors (Lipinski definition) is 6. The second-order valence-corrected chi connectivity index (χ2v) is 8.96. The number of carbonyl (C=O) groups is 1. The lowest BCUT2D eigenvalue weighted by Gasteiger charge is -2.28. The molecule has 1 aromatic heterocycles. The summed E-state index contributed by atoms with van der Waals surface area (Å²) < 4.78 is 20.3. The van der Waals surface area contributed by atoms with Crippen molar-refractivity contribution in [1.82, 2.24) is 20.2 Å². The van der Waals surface area contributed by atoms with Crippen molar-refractivity contribution in [2.75, 3.05) is 50.8 Å². The van der Waals surface area contributed by atoms with Crippen LogP contribution in [0, 0.1) is 5.82 Å². The van der Waals surface area contributed by atoms with Gasteiger partial charge in [0.05, 0.1) is 30.5 Å². The second-order valence-electron chi connectivity index (χ2n) is 8.96. The van der Waals surface area contributed by atoms with Gasteiger partial charge in [-0.3, -0.25) is 4.79 Å². The van der Waals surface area contributed by atoms with Crippen LogP contribution < -0.4 is 10.2 Å². The van der Waals surface area contributed by atoms with E-state index in [1.54, 1.807) is 18.2 Å². The molecule has 35 heavy (non-hydrogen) atoms. The minimum Gasteiger partial charge on any atom is -0.378 e. The van der Waals surface area contributed by atoms with Crippen molar-refractivity contribution in [3.8, 4) is 11.3 Å². The number of nitrogens with one attached hydrogen (secondary N) is 1. The average Bonchev–Trinajstić information content (AvgIpc) is 3.42. The summed E-state index contributed by atoms with van der Waals surface area (Å²) >= 11 is 0. The first-order chi connectivity index (χ1) is 17.2. The molecule has 8 heteroatoms. The molecule has 0 saturated carbocycles. The summed E-state index contributed by atoms with van der Waals surface area (Å²) in [5.41, 5.74) is 1.87. The predicted octanol–water partition coefficient (Wildman–Crippen LogP) is 3.69. The molecular weight excluding hydrogens is 445 g/mol. The maximum atomic E-state index is 14.9. The van der Waals surface area contributed by atoms with Crippen LogP contribution in [0.25, 0.3) is 11.3 Å². The number of ether oxygens (including phenoxy) is 1. The van der Waals surface area contributed by atoms with Crippen molar-refractivity contribution < 1.29 is 13.9 Å². The highest BCUT2D eigenvalue weighted by Gasteiger charge is 2.25. The van der Waals surface area contributed by atoms with Crippen LogP contribution in [0.1, 0.15) is 34.8 Å². The third kappa shape index (κ3) is 5.49. The quantitative estimate of drug-likeness (QED) is 0.562. The van der Waals surface area contributed by atoms with Crippen molar-refractivity contribution in [1.29, 1.82) is 0 Å². The van der Waals surface area contributed by atoms with E-state index in [2.05, 4.69) is 20.2 Å². The van der Waals surface area contributed by atoms with E-state index in [-0.39, 0.29) is 23.1 Å². The van der Waals surface area contributed by atoms with E-state index in [1.807, 2.05) is 35.2 Å². The third-order valence-corrected chi connectivity index (χ3v) is 6.59. The van der Waals surface area contributed by atoms with Gasteiger partial charge in [-0.1, -0.05) is 42.5 Å². The Bertz CT molecular complexity index is 1150. The van der Waals surface area contributed by atoms with Gasteiger partial charge in [-0.05, 0) is 43.6 Å². The fourth-order valence-corrected chi connectivity index (χ4v) is 4.69. The Labute approximate surface area is 204 Å². The summed E-state index contributed by atoms with van der Waals surface area (Å²) in [5, 5.41) is 3.19. The summed E-state index contributed by atoms with van der Waals surface area (Å²) in [4.78, 5) is 27.2. The van der Waals surface area contributed by atoms with E-state index >= 15 is 0 Å². The predicted molar refractivity (Wildman–Crippen MR) is 133 cm³/mol. The summed E-state index contributed by atoms with van der Waals surface area (Å²) in [6.45, 7) is 5.22. The van der Waals surface area contributed by atoms with Gasteiger partial charge in [0, 0.05) is 31.4 Å². The number of amides is 1. The number of anilines is 1. The van der Waals surface area contributed by atoms with E-state index in [9.17, 15) is 9.18 Å². The van der Waals surface area contributed by atoms with Crippen LogP contribution in [0.5, 0.6) is 0 Å². The fraction of sp³-hybridized carbons (Fsp3) is 0.370. The van der Waals surface area contributed by atoms with E-state index < -0.39 is 5.82 Å². The molecule has 1 atom stereocenters. The molecule has 1 unspecified atom stereocenters. The van der Waals surface area contributed by atoms with Crippen LogP contribution in [0.4, 0.5) is 10.3 Å². The van der Waals surface area contributed by atoms with Gasteiger partial charge in [-0.15, -0.1) is 0 Å². The number of aromatic nitrogens is 2. The molecule has 5 rings (SSSR count). The first-order valence-corrected chi connectivity index (χ1v) is 12.2. The van der Waals surface area contributed by atoms with Crippen molar-refractivity contribution >= 4 is 11.9 Å². The van der Waals surface area contributed by atoms with Crippen molar-refractivity contribution in [2.24, 2.45) is 0 Å². The number of carbonyl (C=O) groups excluding carboxylic acids is 1. The Hall–Kier alpha value is -3.36. The lowest BCUT2D eigenvalue weighted by molar-refractivity contribution is 0.0927. The van der Waals surface area contributed by atoms with Crippen LogP contribution in [0.2, 0.25) is 0 Å². The molecule has 0 radical (unpaired) electrons. The SMILES string of the molecule is O=C(NC(CN1CCCC1)c1ccccc1)c1cnc(N2CCOCC2)nc1-c1ccccc1F. The Kier molecular flexibility index (Phi) is 7.30. The second kappa shape index (κ2) is 10.9. The van der Waals surface area contributed by atoms with Crippen molar-refractivity contribution in [3.05, 3.63) is 77.7 Å². The van der Waals surface area contributed by atoms with Crippen LogP contribution in [0.3, 0.4) is 0 Å². The normalized spacial score (nSPS) is 17.3. The number of morpholine rings is 1. The fourth-order valence-electron chi connectivity index (χ4n) is 4.69. The highest BCUT2D eigenvalue weighted by molar-refractivity contribution is 6.00. The number of halogens is 1. The number of nitrogens with zero attached hydrogens (tertiary/aromatic N) is 4. The van der Waals surface area contributed by atoms with E-state index in [0.29, 0.717) is 37.9 Å². The molecule has 2 aromatic carbocycles. The molecule has 3 aromatic rings. The molecule has 1 amide bonds. The van der Waals surface area contributed by atoms with Crippen LogP contribution >= 0.6 is 0 Å². The maximum absolute atomic E-state index is 14.9. The molecule has 0 bridgehead atoms. The van der Waals surface area contributed by atoms with E-state index in [0.717, 1.165) is 25.2 Å². The summed E-state index contributed by atoms with van der Waals surface area (Å²) in [5.74, 6) is -0.269. The molecule has 0 aliphatic carbocycles. The average molecular weight is 476 g/mol. The smallest absolute Gasteiger partial charge is 0.255 e. The highest BCUT2D eigenvalue weighted by atomic mass is 19.1. The van der Waals surface area contributed by atoms with Gasteiger partial charge in [-0.2, -0.15) is 0 Å². The zero-order valence-electron chi connectivity index (χ0n) is 19.7. The highest BCUT2D eigenvalue weighted by Crippen LogP contribution is 2.27. The lowest BCUT2D eigenvalue weighted by Crippen LogP contribution is -2.38. The van der Waals surface area contributed by atoms with Crippen LogP contribution in [-0.2, 0) is 4.74 Å². The van der Waals surface area contributed by atoms with Gasteiger partial charge in [0.2, 0.25) is 5.95 Å². The zero-order chi connectivity index (χ0) is 24.0. The Morgan fingerprint density at radius 1 is 1.00 bits per heavy atom. The molecule has 3 heterocycles. The summed E-state index contributed by atoms with van der Waals surface area (Å²) in [6, 6.07) is 16.2. The van der Waals surface area contributed by atoms with Crippen molar-refractivity contribution in [3.63, 3.8) is 0 Å². The standard InChI is InChI=1S/C27H30FN5O2/c28-23-11-5-4-10-21(23)25-22(18-29-27(31-25)33-14-16-35-17-15-33)26(34)30-24(19-32-12-6-7-13-32)20-8-2-1-3-9-20/h1-5,8-11,18,24H,6-7,12-17,19H2,(H,30,34). The molecule has 7 nitrogen and oxygen atoms in total. The number of rotatable bonds is 7. The Morgan fingerprint density at radius 2 is 1.71 bits per heavy atom. The topological polar surface area (TPSA) is 70.6 Å². The minimum absolute atomic E-state index is 0.200. The molecule has 182 valence electrons. The van der Waals surface area contributed by atoms with Crippen molar-refractivity contribution in [2.45, 2.75) is 18.9 Å². The summed E-state index contributed by atoms with van der Waals surface area (Å²) in [7, 11) is 0. The Balaban J connectivity index is 1.48. The maximum Gasteiger partial charge on any atom is 0.255 e. The zero-order valence-corrected chi connectivity index (χ0v) is 19.7. The van der Waals surface area contributed by atoms with Gasteiger partial charge >= 0.3 is 0 Å². The number of likely N-dealkylation sites (tertiary alicyclic amines) is 1. The Morgan fingerprint density at radius 3 is 2.46 bits per heavy atom. The van der Waals surface area contributed by atoms with Crippen LogP contribution in [0.15, 0.2) is 60.8 Å². The molecule has 2 saturated heterocycles. The third-order valence-electron chi connectivity index (χ3n) is 6.59. The van der Waals surface area contributed by atoms with E-state index in [4.69, 9.17) is 4.74 Å². The number of benzene rings is 2. The molecular formula is C27H30FN5O2. The molecule has 2 aliphatic heterocycles. The monoisotopic (exact) mass is 475 g/mol. The van der Waals surface area contributed by atoms with Gasteiger partial charge in [0.1, 0.15) is 5.82 Å². The first kappa shape index (κ1) is 23.4. The molecule has 2 fully saturated rings. The molecule has 0 spiro atoms. The van der Waals surface area contributed by atoms with Gasteiger partial charge in [-0.25, -0.2) is 14.4 Å². The number of hydrogen-bond donors (Lipinski definition) is 1. The molecule has 2 aliphatic rings. The van der Waals surface area contributed by atoms with Gasteiger partial charge < -0.3 is 19.9 Å².